The van der Waals surface area contributed by atoms with E-state index in [-0.39, 0.29) is 6.09 Å². The third kappa shape index (κ3) is 13.6. The average molecular weight is 604 g/mol. The van der Waals surface area contributed by atoms with Crippen molar-refractivity contribution in [3.8, 4) is 6.07 Å². The number of nitrogens with zero attached hydrogens (tertiary/aromatic N) is 3. The van der Waals surface area contributed by atoms with E-state index < -0.39 is 5.60 Å². The van der Waals surface area contributed by atoms with E-state index >= 15 is 0 Å². The minimum atomic E-state index is -0.453. The van der Waals surface area contributed by atoms with E-state index in [0.717, 1.165) is 44.3 Å². The van der Waals surface area contributed by atoms with Gasteiger partial charge in [0.15, 0.2) is 0 Å². The molecule has 0 spiro atoms. The van der Waals surface area contributed by atoms with Crippen LogP contribution in [0.1, 0.15) is 115 Å². The first kappa shape index (κ1) is 38.8. The van der Waals surface area contributed by atoms with Gasteiger partial charge in [-0.05, 0) is 115 Å². The second kappa shape index (κ2) is 19.2. The van der Waals surface area contributed by atoms with Gasteiger partial charge in [0.2, 0.25) is 0 Å². The highest BCUT2D eigenvalue weighted by molar-refractivity contribution is 5.68. The van der Waals surface area contributed by atoms with Gasteiger partial charge in [0.25, 0.3) is 0 Å². The zero-order chi connectivity index (χ0) is 33.3. The number of amides is 1. The Hall–Kier alpha value is -3.26. The lowest BCUT2D eigenvalue weighted by atomic mass is 9.85. The van der Waals surface area contributed by atoms with Gasteiger partial charge < -0.3 is 14.5 Å². The van der Waals surface area contributed by atoms with Gasteiger partial charge in [-0.15, -0.1) is 0 Å². The second-order valence-corrected chi connectivity index (χ2v) is 13.2. The molecule has 0 aromatic carbocycles. The highest BCUT2D eigenvalue weighted by atomic mass is 16.6. The molecule has 1 aliphatic heterocycles. The van der Waals surface area contributed by atoms with Crippen LogP contribution in [-0.2, 0) is 4.74 Å². The molecule has 5 nitrogen and oxygen atoms in total. The van der Waals surface area contributed by atoms with Crippen molar-refractivity contribution in [3.63, 3.8) is 0 Å². The van der Waals surface area contributed by atoms with Gasteiger partial charge in [0, 0.05) is 31.9 Å². The number of hydrogen-bond donors (Lipinski definition) is 0. The van der Waals surface area contributed by atoms with Gasteiger partial charge in [-0.3, -0.25) is 0 Å². The summed E-state index contributed by atoms with van der Waals surface area (Å²) in [6, 6.07) is 2.18. The van der Waals surface area contributed by atoms with E-state index in [4.69, 9.17) is 10.00 Å². The van der Waals surface area contributed by atoms with E-state index in [9.17, 15) is 4.79 Å². The van der Waals surface area contributed by atoms with E-state index in [1.54, 1.807) is 0 Å². The number of piperazine rings is 1. The summed E-state index contributed by atoms with van der Waals surface area (Å²) in [6.07, 6.45) is 23.3. The third-order valence-electron chi connectivity index (χ3n) is 7.91. The van der Waals surface area contributed by atoms with Crippen LogP contribution >= 0.6 is 0 Å². The largest absolute Gasteiger partial charge is 0.444 e. The molecule has 1 saturated heterocycles. The molecule has 244 valence electrons. The molecule has 1 amide bonds. The Morgan fingerprint density at radius 3 is 1.93 bits per heavy atom. The van der Waals surface area contributed by atoms with Crippen molar-refractivity contribution in [1.82, 2.24) is 9.80 Å². The standard InChI is InChI=1S/C26H42N2O2.C13H19N/c1-9-11-12-13-20(3)23(22(10-2)26(8)14-15-26)21(4)27-16-18-28(19-17-27)24(29)30-25(5,6)7;1-4-6-7-9-13(11-14)10-12(3)8-5-2/h10-13H,9,14-19H2,1-8H3;6-7,9-10H,4-5,8H2,1-3H3/b12-11+,20-13-,22-10+,23-21-;7-6+,12-10+,13-9+. The molecule has 2 rings (SSSR count). The Morgan fingerprint density at radius 1 is 0.932 bits per heavy atom. The molecule has 0 aromatic rings. The minimum Gasteiger partial charge on any atom is -0.444 e. The fourth-order valence-electron chi connectivity index (χ4n) is 5.24. The fraction of sp³-hybridized carbons (Fsp3) is 0.590. The maximum absolute atomic E-state index is 12.4. The number of allylic oxidation sites excluding steroid dienone is 14. The summed E-state index contributed by atoms with van der Waals surface area (Å²) in [5, 5.41) is 8.85. The van der Waals surface area contributed by atoms with Crippen LogP contribution in [0.4, 0.5) is 4.79 Å². The summed E-state index contributed by atoms with van der Waals surface area (Å²) in [5.41, 5.74) is 7.33. The minimum absolute atomic E-state index is 0.204. The average Bonchev–Trinajstić information content (AvgIpc) is 3.72. The van der Waals surface area contributed by atoms with Crippen molar-refractivity contribution < 1.29 is 9.53 Å². The highest BCUT2D eigenvalue weighted by Gasteiger charge is 2.42. The maximum atomic E-state index is 12.4. The van der Waals surface area contributed by atoms with Gasteiger partial charge in [0.05, 0.1) is 11.6 Å². The van der Waals surface area contributed by atoms with Gasteiger partial charge in [-0.2, -0.15) is 5.26 Å². The SMILES string of the molecule is CC/C=C/C=C(C#N)\C=C(/C)CCC.C\C=C(C(/C(C)=C\C=C\CC)=C(/C)N1CCN(C(=O)OC(C)(C)C)CC1)\C1(C)CC1. The Labute approximate surface area is 270 Å². The molecule has 2 fully saturated rings. The molecular weight excluding hydrogens is 542 g/mol. The van der Waals surface area contributed by atoms with E-state index in [0.29, 0.717) is 18.5 Å². The first-order valence-electron chi connectivity index (χ1n) is 16.7. The van der Waals surface area contributed by atoms with Gasteiger partial charge in [0.1, 0.15) is 5.60 Å². The topological polar surface area (TPSA) is 56.6 Å². The van der Waals surface area contributed by atoms with Crippen LogP contribution in [0, 0.1) is 16.7 Å². The van der Waals surface area contributed by atoms with Crippen LogP contribution in [0.5, 0.6) is 0 Å². The van der Waals surface area contributed by atoms with Crippen molar-refractivity contribution >= 4 is 6.09 Å². The third-order valence-corrected chi connectivity index (χ3v) is 7.91. The molecule has 5 heteroatoms. The van der Waals surface area contributed by atoms with Crippen LogP contribution in [-0.4, -0.2) is 47.7 Å². The molecule has 1 aliphatic carbocycles. The molecule has 1 heterocycles. The van der Waals surface area contributed by atoms with Gasteiger partial charge in [-0.1, -0.05) is 76.1 Å². The molecule has 1 saturated carbocycles. The maximum Gasteiger partial charge on any atom is 0.410 e. The van der Waals surface area contributed by atoms with Crippen molar-refractivity contribution in [2.24, 2.45) is 5.41 Å². The second-order valence-electron chi connectivity index (χ2n) is 13.2. The summed E-state index contributed by atoms with van der Waals surface area (Å²) < 4.78 is 5.55. The highest BCUT2D eigenvalue weighted by Crippen LogP contribution is 2.55. The summed E-state index contributed by atoms with van der Waals surface area (Å²) in [5.74, 6) is 0. The van der Waals surface area contributed by atoms with Crippen LogP contribution in [0.2, 0.25) is 0 Å². The predicted molar refractivity (Wildman–Crippen MR) is 188 cm³/mol. The number of carbonyl (C=O) groups excluding carboxylic acids is 1. The van der Waals surface area contributed by atoms with E-state index in [1.807, 2.05) is 50.0 Å². The van der Waals surface area contributed by atoms with Gasteiger partial charge in [-0.25, -0.2) is 4.79 Å². The van der Waals surface area contributed by atoms with Gasteiger partial charge >= 0.3 is 6.09 Å². The Morgan fingerprint density at radius 2 is 1.48 bits per heavy atom. The number of hydrogen-bond acceptors (Lipinski definition) is 4. The van der Waals surface area contributed by atoms with Crippen LogP contribution in [0.25, 0.3) is 0 Å². The summed E-state index contributed by atoms with van der Waals surface area (Å²) >= 11 is 0. The lowest BCUT2D eigenvalue weighted by Gasteiger charge is -2.38. The summed E-state index contributed by atoms with van der Waals surface area (Å²) in [4.78, 5) is 16.7. The number of rotatable bonds is 11. The normalized spacial score (nSPS) is 18.6. The summed E-state index contributed by atoms with van der Waals surface area (Å²) in [7, 11) is 0. The quantitative estimate of drug-likeness (QED) is 0.174. The monoisotopic (exact) mass is 603 g/mol. The first-order valence-corrected chi connectivity index (χ1v) is 16.7. The zero-order valence-corrected chi connectivity index (χ0v) is 29.8. The van der Waals surface area contributed by atoms with Crippen LogP contribution < -0.4 is 0 Å². The molecular formula is C39H61N3O2. The number of nitriles is 1. The number of ether oxygens (including phenoxy) is 1. The molecule has 0 unspecified atom stereocenters. The Bertz CT molecular complexity index is 1180. The molecule has 0 N–H and O–H groups in total. The number of carbonyl (C=O) groups is 1. The molecule has 0 atom stereocenters. The Balaban J connectivity index is 0.000000582. The van der Waals surface area contributed by atoms with Crippen molar-refractivity contribution in [3.05, 3.63) is 82.2 Å². The molecule has 44 heavy (non-hydrogen) atoms. The predicted octanol–water partition coefficient (Wildman–Crippen LogP) is 10.6. The van der Waals surface area contributed by atoms with E-state index in [2.05, 4.69) is 90.7 Å². The van der Waals surface area contributed by atoms with Crippen molar-refractivity contribution in [2.45, 2.75) is 120 Å². The fourth-order valence-corrected chi connectivity index (χ4v) is 5.24. The van der Waals surface area contributed by atoms with Crippen LogP contribution in [0.15, 0.2) is 82.2 Å². The lowest BCUT2D eigenvalue weighted by Crippen LogP contribution is -2.49. The smallest absolute Gasteiger partial charge is 0.410 e. The summed E-state index contributed by atoms with van der Waals surface area (Å²) in [6.45, 7) is 26.3. The molecule has 2 aliphatic rings. The van der Waals surface area contributed by atoms with Crippen molar-refractivity contribution in [1.29, 1.82) is 5.26 Å². The molecule has 0 radical (unpaired) electrons. The van der Waals surface area contributed by atoms with Crippen LogP contribution in [0.3, 0.4) is 0 Å². The molecule has 0 aromatic heterocycles. The molecule has 0 bridgehead atoms. The lowest BCUT2D eigenvalue weighted by molar-refractivity contribution is 0.0168. The van der Waals surface area contributed by atoms with E-state index in [1.165, 1.54) is 40.8 Å². The first-order chi connectivity index (χ1) is 20.8. The van der Waals surface area contributed by atoms with Crippen molar-refractivity contribution in [2.75, 3.05) is 26.2 Å². The Kier molecular flexibility index (Phi) is 16.9. The zero-order valence-electron chi connectivity index (χ0n) is 29.8.